The molecule has 0 fully saturated rings. The summed E-state index contributed by atoms with van der Waals surface area (Å²) in [5, 5.41) is 3.26. The van der Waals surface area contributed by atoms with Gasteiger partial charge in [0.25, 0.3) is 0 Å². The molecule has 0 bridgehead atoms. The van der Waals surface area contributed by atoms with Gasteiger partial charge in [-0.1, -0.05) is 27.7 Å². The number of nitrogens with one attached hydrogen (secondary N) is 1. The lowest BCUT2D eigenvalue weighted by Gasteiger charge is -2.23. The van der Waals surface area contributed by atoms with Gasteiger partial charge in [-0.2, -0.15) is 0 Å². The van der Waals surface area contributed by atoms with E-state index in [0.717, 1.165) is 19.6 Å². The summed E-state index contributed by atoms with van der Waals surface area (Å²) >= 11 is 0. The highest BCUT2D eigenvalue weighted by molar-refractivity contribution is 5.76. The van der Waals surface area contributed by atoms with E-state index in [2.05, 4.69) is 33.0 Å². The van der Waals surface area contributed by atoms with Crippen LogP contribution in [0.2, 0.25) is 0 Å². The lowest BCUT2D eigenvalue weighted by molar-refractivity contribution is -0.131. The standard InChI is InChI=1S/C12H26N2O/c1-6-14(9-10(2)3)12(15)7-8-13-11(4)5/h10-11,13H,6-9H2,1-5H3. The summed E-state index contributed by atoms with van der Waals surface area (Å²) in [5.74, 6) is 0.811. The maximum absolute atomic E-state index is 11.8. The quantitative estimate of drug-likeness (QED) is 0.702. The number of carbonyl (C=O) groups is 1. The Kier molecular flexibility index (Phi) is 7.39. The van der Waals surface area contributed by atoms with Crippen LogP contribution < -0.4 is 5.32 Å². The fourth-order valence-corrected chi connectivity index (χ4v) is 1.47. The fourth-order valence-electron chi connectivity index (χ4n) is 1.47. The predicted octanol–water partition coefficient (Wildman–Crippen LogP) is 1.88. The first-order valence-electron chi connectivity index (χ1n) is 5.98. The minimum atomic E-state index is 0.263. The summed E-state index contributed by atoms with van der Waals surface area (Å²) in [5.41, 5.74) is 0. The summed E-state index contributed by atoms with van der Waals surface area (Å²) in [6, 6.07) is 0.456. The van der Waals surface area contributed by atoms with Crippen LogP contribution in [-0.2, 0) is 4.79 Å². The van der Waals surface area contributed by atoms with Gasteiger partial charge in [0.15, 0.2) is 0 Å². The van der Waals surface area contributed by atoms with Crippen LogP contribution in [0.1, 0.15) is 41.0 Å². The molecule has 15 heavy (non-hydrogen) atoms. The van der Waals surface area contributed by atoms with E-state index in [1.54, 1.807) is 0 Å². The average Bonchev–Trinajstić information content (AvgIpc) is 2.13. The zero-order chi connectivity index (χ0) is 11.8. The zero-order valence-electron chi connectivity index (χ0n) is 10.8. The molecule has 0 rings (SSSR count). The Hall–Kier alpha value is -0.570. The Balaban J connectivity index is 3.83. The molecule has 0 aliphatic rings. The Morgan fingerprint density at radius 1 is 1.27 bits per heavy atom. The van der Waals surface area contributed by atoms with Gasteiger partial charge in [0.05, 0.1) is 0 Å². The smallest absolute Gasteiger partial charge is 0.223 e. The van der Waals surface area contributed by atoms with Crippen molar-refractivity contribution < 1.29 is 4.79 Å². The molecule has 1 amide bonds. The number of rotatable bonds is 7. The molecule has 0 radical (unpaired) electrons. The molecule has 0 aromatic carbocycles. The lowest BCUT2D eigenvalue weighted by Crippen LogP contribution is -2.36. The topological polar surface area (TPSA) is 32.3 Å². The highest BCUT2D eigenvalue weighted by atomic mass is 16.2. The van der Waals surface area contributed by atoms with Crippen molar-refractivity contribution in [2.75, 3.05) is 19.6 Å². The molecule has 0 spiro atoms. The molecule has 0 saturated heterocycles. The third kappa shape index (κ3) is 7.37. The molecule has 0 atom stereocenters. The Morgan fingerprint density at radius 2 is 1.87 bits per heavy atom. The summed E-state index contributed by atoms with van der Waals surface area (Å²) in [4.78, 5) is 13.7. The van der Waals surface area contributed by atoms with Gasteiger partial charge in [-0.05, 0) is 12.8 Å². The zero-order valence-corrected chi connectivity index (χ0v) is 10.8. The van der Waals surface area contributed by atoms with Crippen LogP contribution in [0.3, 0.4) is 0 Å². The van der Waals surface area contributed by atoms with Gasteiger partial charge >= 0.3 is 0 Å². The van der Waals surface area contributed by atoms with Crippen LogP contribution in [0.4, 0.5) is 0 Å². The first kappa shape index (κ1) is 14.4. The molecule has 3 heteroatoms. The van der Waals surface area contributed by atoms with Crippen molar-refractivity contribution in [3.8, 4) is 0 Å². The van der Waals surface area contributed by atoms with E-state index in [1.165, 1.54) is 0 Å². The van der Waals surface area contributed by atoms with Gasteiger partial charge in [-0.25, -0.2) is 0 Å². The molecule has 1 N–H and O–H groups in total. The average molecular weight is 214 g/mol. The largest absolute Gasteiger partial charge is 0.343 e. The summed E-state index contributed by atoms with van der Waals surface area (Å²) in [6.45, 7) is 13.0. The molecular formula is C12H26N2O. The summed E-state index contributed by atoms with van der Waals surface area (Å²) in [7, 11) is 0. The summed E-state index contributed by atoms with van der Waals surface area (Å²) in [6.07, 6.45) is 0.610. The maximum Gasteiger partial charge on any atom is 0.223 e. The van der Waals surface area contributed by atoms with Gasteiger partial charge in [0, 0.05) is 32.1 Å². The SMILES string of the molecule is CCN(CC(C)C)C(=O)CCNC(C)C. The first-order chi connectivity index (χ1) is 6.97. The minimum Gasteiger partial charge on any atom is -0.343 e. The molecule has 0 unspecified atom stereocenters. The van der Waals surface area contributed by atoms with Crippen molar-refractivity contribution >= 4 is 5.91 Å². The molecule has 3 nitrogen and oxygen atoms in total. The molecule has 0 saturated carbocycles. The molecule has 0 aromatic rings. The van der Waals surface area contributed by atoms with Gasteiger partial charge in [-0.3, -0.25) is 4.79 Å². The van der Waals surface area contributed by atoms with Crippen molar-refractivity contribution in [3.63, 3.8) is 0 Å². The van der Waals surface area contributed by atoms with Crippen molar-refractivity contribution in [1.29, 1.82) is 0 Å². The van der Waals surface area contributed by atoms with Crippen LogP contribution >= 0.6 is 0 Å². The van der Waals surface area contributed by atoms with Gasteiger partial charge < -0.3 is 10.2 Å². The van der Waals surface area contributed by atoms with Gasteiger partial charge in [-0.15, -0.1) is 0 Å². The minimum absolute atomic E-state index is 0.263. The van der Waals surface area contributed by atoms with Crippen molar-refractivity contribution in [2.45, 2.75) is 47.1 Å². The van der Waals surface area contributed by atoms with E-state index in [0.29, 0.717) is 18.4 Å². The van der Waals surface area contributed by atoms with E-state index in [9.17, 15) is 4.79 Å². The molecule has 0 aromatic heterocycles. The predicted molar refractivity (Wildman–Crippen MR) is 64.8 cm³/mol. The molecule has 0 heterocycles. The fraction of sp³-hybridized carbons (Fsp3) is 0.917. The Morgan fingerprint density at radius 3 is 2.27 bits per heavy atom. The Bertz CT molecular complexity index is 178. The second kappa shape index (κ2) is 7.69. The van der Waals surface area contributed by atoms with Gasteiger partial charge in [0.2, 0.25) is 5.91 Å². The van der Waals surface area contributed by atoms with Crippen LogP contribution in [0.25, 0.3) is 0 Å². The summed E-state index contributed by atoms with van der Waals surface area (Å²) < 4.78 is 0. The number of hydrogen-bond donors (Lipinski definition) is 1. The Labute approximate surface area is 94.2 Å². The molecule has 0 aliphatic heterocycles. The number of nitrogens with zero attached hydrogens (tertiary/aromatic N) is 1. The second-order valence-electron chi connectivity index (χ2n) is 4.69. The monoisotopic (exact) mass is 214 g/mol. The first-order valence-corrected chi connectivity index (χ1v) is 5.98. The molecule has 0 aliphatic carbocycles. The maximum atomic E-state index is 11.8. The number of carbonyl (C=O) groups excluding carboxylic acids is 1. The van der Waals surface area contributed by atoms with Gasteiger partial charge in [0.1, 0.15) is 0 Å². The lowest BCUT2D eigenvalue weighted by atomic mass is 10.2. The third-order valence-electron chi connectivity index (χ3n) is 2.21. The van der Waals surface area contributed by atoms with E-state index >= 15 is 0 Å². The third-order valence-corrected chi connectivity index (χ3v) is 2.21. The molecular weight excluding hydrogens is 188 g/mol. The van der Waals surface area contributed by atoms with Crippen LogP contribution in [-0.4, -0.2) is 36.5 Å². The highest BCUT2D eigenvalue weighted by Crippen LogP contribution is 2.00. The van der Waals surface area contributed by atoms with Crippen LogP contribution in [0.15, 0.2) is 0 Å². The van der Waals surface area contributed by atoms with Crippen LogP contribution in [0.5, 0.6) is 0 Å². The van der Waals surface area contributed by atoms with Crippen LogP contribution in [0, 0.1) is 5.92 Å². The van der Waals surface area contributed by atoms with E-state index in [1.807, 2.05) is 11.8 Å². The highest BCUT2D eigenvalue weighted by Gasteiger charge is 2.12. The van der Waals surface area contributed by atoms with Crippen molar-refractivity contribution in [1.82, 2.24) is 10.2 Å². The van der Waals surface area contributed by atoms with E-state index < -0.39 is 0 Å². The van der Waals surface area contributed by atoms with E-state index in [4.69, 9.17) is 0 Å². The van der Waals surface area contributed by atoms with E-state index in [-0.39, 0.29) is 5.91 Å². The van der Waals surface area contributed by atoms with Crippen molar-refractivity contribution in [2.24, 2.45) is 5.92 Å². The number of amides is 1. The number of hydrogen-bond acceptors (Lipinski definition) is 2. The normalized spacial score (nSPS) is 11.1. The second-order valence-corrected chi connectivity index (χ2v) is 4.69. The molecule has 90 valence electrons. The van der Waals surface area contributed by atoms with Crippen molar-refractivity contribution in [3.05, 3.63) is 0 Å².